The van der Waals surface area contributed by atoms with Crippen LogP contribution in [-0.2, 0) is 14.3 Å². The largest absolute Gasteiger partial charge is 0.394 e. The second-order valence-corrected chi connectivity index (χ2v) is 24.6. The molecule has 1 heterocycles. The SMILES string of the molecule is CCCCCCCCCCCC/C=C/CC/C=C/CCCC(O)C(O)C(COC1OC(CO)C(O)C(O)C1O)NC(=O)C(O)CCCCCCCCCCCCCCCCCCCCCCCCCCCCCCCCCCCC. The highest BCUT2D eigenvalue weighted by Crippen LogP contribution is 2.24. The molecule has 1 saturated heterocycles. The van der Waals surface area contributed by atoms with Gasteiger partial charge in [-0.1, -0.05) is 314 Å². The number of hydrogen-bond donors (Lipinski definition) is 8. The molecule has 9 unspecified atom stereocenters. The number of unbranched alkanes of at least 4 members (excludes halogenated alkanes) is 45. The molecule has 9 atom stereocenters. The van der Waals surface area contributed by atoms with E-state index in [0.29, 0.717) is 19.3 Å². The summed E-state index contributed by atoms with van der Waals surface area (Å²) in [5.41, 5.74) is 0. The van der Waals surface area contributed by atoms with E-state index in [9.17, 15) is 40.5 Å². The Bertz CT molecular complexity index is 1350. The molecule has 11 heteroatoms. The molecule has 80 heavy (non-hydrogen) atoms. The van der Waals surface area contributed by atoms with Crippen LogP contribution in [0.15, 0.2) is 24.3 Å². The van der Waals surface area contributed by atoms with Crippen molar-refractivity contribution in [1.29, 1.82) is 0 Å². The van der Waals surface area contributed by atoms with E-state index in [1.165, 1.54) is 257 Å². The lowest BCUT2D eigenvalue weighted by atomic mass is 9.98. The van der Waals surface area contributed by atoms with Gasteiger partial charge in [-0.3, -0.25) is 4.79 Å². The van der Waals surface area contributed by atoms with Crippen molar-refractivity contribution in [2.45, 2.75) is 396 Å². The number of rotatable bonds is 61. The van der Waals surface area contributed by atoms with Crippen molar-refractivity contribution < 1.29 is 50.0 Å². The molecule has 0 aromatic carbocycles. The molecule has 1 aliphatic rings. The fraction of sp³-hybridized carbons (Fsp3) is 0.928. The Kier molecular flexibility index (Phi) is 55.5. The lowest BCUT2D eigenvalue weighted by Gasteiger charge is -2.40. The predicted octanol–water partition coefficient (Wildman–Crippen LogP) is 16.4. The van der Waals surface area contributed by atoms with Gasteiger partial charge in [0, 0.05) is 0 Å². The van der Waals surface area contributed by atoms with E-state index >= 15 is 0 Å². The zero-order chi connectivity index (χ0) is 58.2. The molecule has 1 fully saturated rings. The smallest absolute Gasteiger partial charge is 0.249 e. The summed E-state index contributed by atoms with van der Waals surface area (Å²) in [7, 11) is 0. The Hall–Kier alpha value is -1.41. The number of ether oxygens (including phenoxy) is 2. The highest BCUT2D eigenvalue weighted by Gasteiger charge is 2.44. The van der Waals surface area contributed by atoms with Gasteiger partial charge in [0.1, 0.15) is 36.6 Å². The molecular formula is C69H133NO10. The average molecular weight is 1140 g/mol. The third kappa shape index (κ3) is 45.0. The highest BCUT2D eigenvalue weighted by atomic mass is 16.7. The number of nitrogens with one attached hydrogen (secondary N) is 1. The second-order valence-electron chi connectivity index (χ2n) is 24.6. The summed E-state index contributed by atoms with van der Waals surface area (Å²) in [6.07, 6.45) is 61.3. The summed E-state index contributed by atoms with van der Waals surface area (Å²) in [6, 6.07) is -1.19. The molecule has 0 spiro atoms. The van der Waals surface area contributed by atoms with Crippen LogP contribution in [-0.4, -0.2) is 110 Å². The highest BCUT2D eigenvalue weighted by molar-refractivity contribution is 5.80. The number of hydrogen-bond acceptors (Lipinski definition) is 10. The van der Waals surface area contributed by atoms with Gasteiger partial charge in [0.05, 0.1) is 25.4 Å². The van der Waals surface area contributed by atoms with Crippen molar-refractivity contribution in [3.05, 3.63) is 24.3 Å². The van der Waals surface area contributed by atoms with Crippen LogP contribution in [0.3, 0.4) is 0 Å². The van der Waals surface area contributed by atoms with Crippen LogP contribution in [0.2, 0.25) is 0 Å². The van der Waals surface area contributed by atoms with E-state index in [0.717, 1.165) is 38.5 Å². The Morgan fingerprint density at radius 1 is 0.425 bits per heavy atom. The predicted molar refractivity (Wildman–Crippen MR) is 335 cm³/mol. The van der Waals surface area contributed by atoms with Crippen LogP contribution in [0.25, 0.3) is 0 Å². The van der Waals surface area contributed by atoms with Gasteiger partial charge in [-0.15, -0.1) is 0 Å². The Labute approximate surface area is 493 Å². The first-order valence-electron chi connectivity index (χ1n) is 34.7. The molecule has 0 bridgehead atoms. The number of carbonyl (C=O) groups is 1. The molecule has 1 rings (SSSR count). The zero-order valence-corrected chi connectivity index (χ0v) is 52.3. The molecule has 0 radical (unpaired) electrons. The van der Waals surface area contributed by atoms with Crippen LogP contribution in [0, 0.1) is 0 Å². The molecule has 0 aromatic heterocycles. The van der Waals surface area contributed by atoms with Crippen LogP contribution < -0.4 is 5.32 Å². The third-order valence-electron chi connectivity index (χ3n) is 17.0. The lowest BCUT2D eigenvalue weighted by molar-refractivity contribution is -0.303. The van der Waals surface area contributed by atoms with Crippen LogP contribution in [0.5, 0.6) is 0 Å². The molecule has 8 N–H and O–H groups in total. The minimum Gasteiger partial charge on any atom is -0.394 e. The fourth-order valence-corrected chi connectivity index (χ4v) is 11.4. The average Bonchev–Trinajstić information content (AvgIpc) is 3.47. The first-order chi connectivity index (χ1) is 39.2. The summed E-state index contributed by atoms with van der Waals surface area (Å²) in [6.45, 7) is 3.48. The lowest BCUT2D eigenvalue weighted by Crippen LogP contribution is -2.60. The van der Waals surface area contributed by atoms with Crippen molar-refractivity contribution in [2.24, 2.45) is 0 Å². The number of allylic oxidation sites excluding steroid dienone is 4. The molecule has 474 valence electrons. The van der Waals surface area contributed by atoms with Crippen molar-refractivity contribution in [3.63, 3.8) is 0 Å². The molecule has 0 aliphatic carbocycles. The minimum absolute atomic E-state index is 0.249. The maximum Gasteiger partial charge on any atom is 0.249 e. The first kappa shape index (κ1) is 76.6. The van der Waals surface area contributed by atoms with E-state index in [4.69, 9.17) is 9.47 Å². The first-order valence-corrected chi connectivity index (χ1v) is 34.7. The summed E-state index contributed by atoms with van der Waals surface area (Å²) in [5.74, 6) is -0.704. The number of amides is 1. The van der Waals surface area contributed by atoms with E-state index in [1.807, 2.05) is 0 Å². The van der Waals surface area contributed by atoms with Crippen molar-refractivity contribution in [2.75, 3.05) is 13.2 Å². The topological polar surface area (TPSA) is 189 Å². The van der Waals surface area contributed by atoms with E-state index in [2.05, 4.69) is 43.5 Å². The minimum atomic E-state index is -1.67. The van der Waals surface area contributed by atoms with Gasteiger partial charge >= 0.3 is 0 Å². The molecule has 1 amide bonds. The molecule has 11 nitrogen and oxygen atoms in total. The Balaban J connectivity index is 2.17. The summed E-state index contributed by atoms with van der Waals surface area (Å²) >= 11 is 0. The van der Waals surface area contributed by atoms with Crippen LogP contribution in [0.4, 0.5) is 0 Å². The van der Waals surface area contributed by atoms with Crippen molar-refractivity contribution in [1.82, 2.24) is 5.32 Å². The normalized spacial score (nSPS) is 19.3. The van der Waals surface area contributed by atoms with Crippen LogP contribution in [0.1, 0.15) is 341 Å². The number of aliphatic hydroxyl groups excluding tert-OH is 7. The quantitative estimate of drug-likeness (QED) is 0.0215. The number of aliphatic hydroxyl groups is 7. The number of carbonyl (C=O) groups excluding carboxylic acids is 1. The maximum atomic E-state index is 13.2. The summed E-state index contributed by atoms with van der Waals surface area (Å²) in [5, 5.41) is 76.3. The van der Waals surface area contributed by atoms with Gasteiger partial charge in [-0.25, -0.2) is 0 Å². The van der Waals surface area contributed by atoms with Crippen molar-refractivity contribution >= 4 is 5.91 Å². The third-order valence-corrected chi connectivity index (χ3v) is 17.0. The van der Waals surface area contributed by atoms with Gasteiger partial charge in [-0.05, 0) is 51.4 Å². The standard InChI is InChI=1S/C69H133NO10/c1-3-5-7-9-11-13-15-17-19-21-23-24-25-26-27-28-29-30-31-32-33-34-35-36-37-39-41-43-45-47-49-51-53-55-57-62(73)68(78)70-60(59-79-69-67(77)66(76)65(75)63(58-71)80-69)64(74)61(72)56-54-52-50-48-46-44-42-40-38-22-20-18-16-14-12-10-8-6-4-2/h40,42,48,50,60-67,69,71-77H,3-39,41,43-47,49,51-59H2,1-2H3,(H,70,78)/b42-40+,50-48+. The molecule has 0 saturated carbocycles. The summed E-state index contributed by atoms with van der Waals surface area (Å²) < 4.78 is 11.2. The second kappa shape index (κ2) is 58.0. The van der Waals surface area contributed by atoms with Crippen molar-refractivity contribution in [3.8, 4) is 0 Å². The molecular weight excluding hydrogens is 1000 g/mol. The Morgan fingerprint density at radius 3 is 1.11 bits per heavy atom. The van der Waals surface area contributed by atoms with Gasteiger partial charge in [0.15, 0.2) is 6.29 Å². The van der Waals surface area contributed by atoms with Gasteiger partial charge < -0.3 is 50.5 Å². The van der Waals surface area contributed by atoms with Crippen LogP contribution >= 0.6 is 0 Å². The van der Waals surface area contributed by atoms with Gasteiger partial charge in [0.2, 0.25) is 5.91 Å². The maximum absolute atomic E-state index is 13.2. The van der Waals surface area contributed by atoms with E-state index in [1.54, 1.807) is 0 Å². The molecule has 0 aromatic rings. The van der Waals surface area contributed by atoms with E-state index in [-0.39, 0.29) is 12.8 Å². The summed E-state index contributed by atoms with van der Waals surface area (Å²) in [4.78, 5) is 13.2. The monoisotopic (exact) mass is 1140 g/mol. The van der Waals surface area contributed by atoms with E-state index < -0.39 is 74.2 Å². The van der Waals surface area contributed by atoms with Gasteiger partial charge in [-0.2, -0.15) is 0 Å². The molecule has 1 aliphatic heterocycles. The zero-order valence-electron chi connectivity index (χ0n) is 52.3. The van der Waals surface area contributed by atoms with Gasteiger partial charge in [0.25, 0.3) is 0 Å². The Morgan fingerprint density at radius 2 is 0.750 bits per heavy atom. The fourth-order valence-electron chi connectivity index (χ4n) is 11.4.